The molecule has 0 aliphatic carbocycles. The van der Waals surface area contributed by atoms with Gasteiger partial charge in [0.25, 0.3) is 5.91 Å². The molecule has 2 aromatic rings. The third kappa shape index (κ3) is 3.59. The molecule has 0 spiro atoms. The lowest BCUT2D eigenvalue weighted by atomic mass is 10.1. The van der Waals surface area contributed by atoms with E-state index in [1.807, 2.05) is 6.92 Å². The molecular formula is C14H13ClN2O3S. The van der Waals surface area contributed by atoms with Crippen molar-refractivity contribution in [2.24, 2.45) is 0 Å². The number of carbonyl (C=O) groups excluding carboxylic acids is 1. The molecule has 0 fully saturated rings. The van der Waals surface area contributed by atoms with Gasteiger partial charge in [-0.1, -0.05) is 17.7 Å². The Morgan fingerprint density at radius 3 is 2.67 bits per heavy atom. The predicted octanol–water partition coefficient (Wildman–Crippen LogP) is 3.04. The summed E-state index contributed by atoms with van der Waals surface area (Å²) in [6.45, 7) is 3.67. The second kappa shape index (κ2) is 6.24. The summed E-state index contributed by atoms with van der Waals surface area (Å²) in [6, 6.07) is 5.06. The second-order valence-electron chi connectivity index (χ2n) is 4.47. The number of nitrogens with zero attached hydrogens (tertiary/aromatic N) is 1. The summed E-state index contributed by atoms with van der Waals surface area (Å²) in [6.07, 6.45) is 0. The first kappa shape index (κ1) is 15.5. The molecule has 0 aliphatic rings. The molecule has 1 aromatic heterocycles. The van der Waals surface area contributed by atoms with E-state index in [-0.39, 0.29) is 17.3 Å². The third-order valence-electron chi connectivity index (χ3n) is 2.87. The van der Waals surface area contributed by atoms with Crippen LogP contribution in [0, 0.1) is 13.8 Å². The Hall–Kier alpha value is -1.92. The maximum absolute atomic E-state index is 12.0. The SMILES string of the molecule is Cc1ccc(C(=O)NCc2nc(C)c(C(=O)O)s2)cc1Cl. The minimum absolute atomic E-state index is 0.184. The molecule has 1 aromatic carbocycles. The van der Waals surface area contributed by atoms with Crippen molar-refractivity contribution in [1.82, 2.24) is 10.3 Å². The van der Waals surface area contributed by atoms with Crippen molar-refractivity contribution in [2.75, 3.05) is 0 Å². The summed E-state index contributed by atoms with van der Waals surface area (Å²) >= 11 is 7.04. The van der Waals surface area contributed by atoms with E-state index >= 15 is 0 Å². The molecule has 0 saturated heterocycles. The minimum atomic E-state index is -1.01. The van der Waals surface area contributed by atoms with Gasteiger partial charge in [0.05, 0.1) is 12.2 Å². The number of hydrogen-bond acceptors (Lipinski definition) is 4. The number of hydrogen-bond donors (Lipinski definition) is 2. The Balaban J connectivity index is 2.05. The quantitative estimate of drug-likeness (QED) is 0.906. The molecule has 2 N–H and O–H groups in total. The normalized spacial score (nSPS) is 10.4. The number of benzene rings is 1. The topological polar surface area (TPSA) is 79.3 Å². The lowest BCUT2D eigenvalue weighted by molar-refractivity contribution is 0.0701. The van der Waals surface area contributed by atoms with E-state index in [4.69, 9.17) is 16.7 Å². The standard InChI is InChI=1S/C14H13ClN2O3S/c1-7-3-4-9(5-10(7)15)13(18)16-6-11-17-8(2)12(21-11)14(19)20/h3-5H,6H2,1-2H3,(H,16,18)(H,19,20). The molecule has 1 heterocycles. The molecule has 0 unspecified atom stereocenters. The number of thiazole rings is 1. The molecular weight excluding hydrogens is 312 g/mol. The maximum Gasteiger partial charge on any atom is 0.347 e. The van der Waals surface area contributed by atoms with Crippen LogP contribution in [0.5, 0.6) is 0 Å². The molecule has 0 atom stereocenters. The van der Waals surface area contributed by atoms with Crippen LogP contribution in [0.4, 0.5) is 0 Å². The van der Waals surface area contributed by atoms with E-state index in [9.17, 15) is 9.59 Å². The van der Waals surface area contributed by atoms with Crippen LogP contribution in [-0.4, -0.2) is 22.0 Å². The van der Waals surface area contributed by atoms with Crippen LogP contribution in [-0.2, 0) is 6.54 Å². The number of amides is 1. The molecule has 1 amide bonds. The van der Waals surface area contributed by atoms with Crippen LogP contribution in [0.2, 0.25) is 5.02 Å². The van der Waals surface area contributed by atoms with Crippen LogP contribution in [0.1, 0.15) is 36.3 Å². The summed E-state index contributed by atoms with van der Waals surface area (Å²) in [5.41, 5.74) is 1.81. The molecule has 2 rings (SSSR count). The highest BCUT2D eigenvalue weighted by Gasteiger charge is 2.14. The van der Waals surface area contributed by atoms with E-state index in [1.54, 1.807) is 25.1 Å². The van der Waals surface area contributed by atoms with Crippen molar-refractivity contribution >= 4 is 34.8 Å². The number of aryl methyl sites for hydroxylation is 2. The average molecular weight is 325 g/mol. The Morgan fingerprint density at radius 1 is 1.38 bits per heavy atom. The fourth-order valence-corrected chi connectivity index (χ4v) is 2.74. The van der Waals surface area contributed by atoms with Crippen molar-refractivity contribution in [3.63, 3.8) is 0 Å². The van der Waals surface area contributed by atoms with Gasteiger partial charge in [0.15, 0.2) is 0 Å². The highest BCUT2D eigenvalue weighted by atomic mass is 35.5. The number of carbonyl (C=O) groups is 2. The van der Waals surface area contributed by atoms with Crippen LogP contribution in [0.15, 0.2) is 18.2 Å². The first-order valence-electron chi connectivity index (χ1n) is 6.12. The van der Waals surface area contributed by atoms with Gasteiger partial charge in [-0.3, -0.25) is 4.79 Å². The number of carboxylic acid groups (broad SMARTS) is 1. The van der Waals surface area contributed by atoms with Crippen LogP contribution in [0.25, 0.3) is 0 Å². The Morgan fingerprint density at radius 2 is 2.10 bits per heavy atom. The van der Waals surface area contributed by atoms with Gasteiger partial charge in [-0.2, -0.15) is 0 Å². The Labute approximate surface area is 130 Å². The van der Waals surface area contributed by atoms with Gasteiger partial charge >= 0.3 is 5.97 Å². The van der Waals surface area contributed by atoms with Gasteiger partial charge < -0.3 is 10.4 Å². The zero-order chi connectivity index (χ0) is 15.6. The van der Waals surface area contributed by atoms with Crippen molar-refractivity contribution in [3.05, 3.63) is 49.9 Å². The minimum Gasteiger partial charge on any atom is -0.477 e. The van der Waals surface area contributed by atoms with Crippen LogP contribution >= 0.6 is 22.9 Å². The van der Waals surface area contributed by atoms with E-state index in [0.29, 0.717) is 21.3 Å². The summed E-state index contributed by atoms with van der Waals surface area (Å²) in [7, 11) is 0. The zero-order valence-corrected chi connectivity index (χ0v) is 13.0. The Kier molecular flexibility index (Phi) is 4.59. The zero-order valence-electron chi connectivity index (χ0n) is 11.4. The lowest BCUT2D eigenvalue weighted by Crippen LogP contribution is -2.22. The summed E-state index contributed by atoms with van der Waals surface area (Å²) < 4.78 is 0. The fourth-order valence-electron chi connectivity index (χ4n) is 1.72. The average Bonchev–Trinajstić information content (AvgIpc) is 2.80. The molecule has 21 heavy (non-hydrogen) atoms. The van der Waals surface area contributed by atoms with Crippen molar-refractivity contribution in [1.29, 1.82) is 0 Å². The fraction of sp³-hybridized carbons (Fsp3) is 0.214. The van der Waals surface area contributed by atoms with Crippen molar-refractivity contribution < 1.29 is 14.7 Å². The largest absolute Gasteiger partial charge is 0.477 e. The molecule has 5 nitrogen and oxygen atoms in total. The van der Waals surface area contributed by atoms with E-state index < -0.39 is 5.97 Å². The van der Waals surface area contributed by atoms with Crippen molar-refractivity contribution in [3.8, 4) is 0 Å². The highest BCUT2D eigenvalue weighted by Crippen LogP contribution is 2.19. The van der Waals surface area contributed by atoms with Gasteiger partial charge in [0.2, 0.25) is 0 Å². The van der Waals surface area contributed by atoms with Gasteiger partial charge in [-0.05, 0) is 31.5 Å². The summed E-state index contributed by atoms with van der Waals surface area (Å²) in [4.78, 5) is 27.2. The summed E-state index contributed by atoms with van der Waals surface area (Å²) in [5, 5.41) is 12.7. The molecule has 0 aliphatic heterocycles. The third-order valence-corrected chi connectivity index (χ3v) is 4.42. The number of nitrogens with one attached hydrogen (secondary N) is 1. The van der Waals surface area contributed by atoms with Gasteiger partial charge in [0, 0.05) is 10.6 Å². The maximum atomic E-state index is 12.0. The number of halogens is 1. The first-order chi connectivity index (χ1) is 9.88. The first-order valence-corrected chi connectivity index (χ1v) is 7.32. The number of carboxylic acids is 1. The molecule has 0 radical (unpaired) electrons. The predicted molar refractivity (Wildman–Crippen MR) is 81.2 cm³/mol. The Bertz CT molecular complexity index is 712. The lowest BCUT2D eigenvalue weighted by Gasteiger charge is -2.05. The molecule has 110 valence electrons. The summed E-state index contributed by atoms with van der Waals surface area (Å²) in [5.74, 6) is -1.28. The van der Waals surface area contributed by atoms with Gasteiger partial charge in [-0.25, -0.2) is 9.78 Å². The number of rotatable bonds is 4. The monoisotopic (exact) mass is 324 g/mol. The van der Waals surface area contributed by atoms with Crippen LogP contribution in [0.3, 0.4) is 0 Å². The molecule has 0 bridgehead atoms. The van der Waals surface area contributed by atoms with Crippen molar-refractivity contribution in [2.45, 2.75) is 20.4 Å². The number of aromatic carboxylic acids is 1. The smallest absolute Gasteiger partial charge is 0.347 e. The number of aromatic nitrogens is 1. The van der Waals surface area contributed by atoms with E-state index in [2.05, 4.69) is 10.3 Å². The highest BCUT2D eigenvalue weighted by molar-refractivity contribution is 7.13. The van der Waals surface area contributed by atoms with Gasteiger partial charge in [-0.15, -0.1) is 11.3 Å². The van der Waals surface area contributed by atoms with E-state index in [0.717, 1.165) is 16.9 Å². The van der Waals surface area contributed by atoms with E-state index in [1.165, 1.54) is 0 Å². The second-order valence-corrected chi connectivity index (χ2v) is 5.96. The molecule has 7 heteroatoms. The van der Waals surface area contributed by atoms with Gasteiger partial charge in [0.1, 0.15) is 9.88 Å². The molecule has 0 saturated carbocycles. The van der Waals surface area contributed by atoms with Crippen LogP contribution < -0.4 is 5.32 Å².